The number of urea groups is 1. The maximum atomic E-state index is 12.6. The van der Waals surface area contributed by atoms with Gasteiger partial charge in [0.05, 0.1) is 5.56 Å². The Hall–Kier alpha value is -2.09. The highest BCUT2D eigenvalue weighted by Crippen LogP contribution is 2.34. The third kappa shape index (κ3) is 13.3. The Bertz CT molecular complexity index is 814. The molecule has 0 aliphatic heterocycles. The number of carboxylic acids is 1. The second-order valence-corrected chi connectivity index (χ2v) is 11.6. The minimum Gasteiger partial charge on any atom is -0.477 e. The van der Waals surface area contributed by atoms with E-state index in [0.29, 0.717) is 12.1 Å². The molecule has 8 heteroatoms. The summed E-state index contributed by atoms with van der Waals surface area (Å²) in [6.45, 7) is 9.55. The van der Waals surface area contributed by atoms with Crippen molar-refractivity contribution in [2.75, 3.05) is 11.9 Å². The lowest BCUT2D eigenvalue weighted by molar-refractivity contribution is 0.00705. The molecule has 0 aromatic carbocycles. The van der Waals surface area contributed by atoms with Gasteiger partial charge in [-0.05, 0) is 39.7 Å². The molecule has 0 radical (unpaired) electrons. The Morgan fingerprint density at radius 1 is 0.833 bits per heavy atom. The number of carboxylic acid groups (broad SMARTS) is 1. The van der Waals surface area contributed by atoms with Crippen molar-refractivity contribution in [3.05, 3.63) is 16.0 Å². The monoisotopic (exact) mass is 524 g/mol. The van der Waals surface area contributed by atoms with Crippen molar-refractivity contribution in [3.8, 4) is 0 Å². The van der Waals surface area contributed by atoms with Crippen molar-refractivity contribution in [1.29, 1.82) is 0 Å². The topological polar surface area (TPSA) is 105 Å². The first kappa shape index (κ1) is 31.9. The van der Waals surface area contributed by atoms with Crippen molar-refractivity contribution >= 4 is 34.3 Å². The van der Waals surface area contributed by atoms with Crippen molar-refractivity contribution < 1.29 is 24.2 Å². The normalized spacial score (nSPS) is 11.4. The van der Waals surface area contributed by atoms with E-state index in [-0.39, 0.29) is 15.4 Å². The SMILES string of the molecule is CCCCCCCCCCCCCCCCNC(=O)Nc1sc(C(=O)O)c(C)c1C(=O)OC(C)(C)C. The summed E-state index contributed by atoms with van der Waals surface area (Å²) in [4.78, 5) is 36.6. The fourth-order valence-corrected chi connectivity index (χ4v) is 5.08. The van der Waals surface area contributed by atoms with Crippen LogP contribution in [0.3, 0.4) is 0 Å². The van der Waals surface area contributed by atoms with E-state index in [4.69, 9.17) is 4.74 Å². The minimum absolute atomic E-state index is 0.0122. The van der Waals surface area contributed by atoms with Crippen LogP contribution < -0.4 is 10.6 Å². The van der Waals surface area contributed by atoms with Crippen LogP contribution in [0.25, 0.3) is 0 Å². The van der Waals surface area contributed by atoms with Gasteiger partial charge in [-0.25, -0.2) is 14.4 Å². The molecular weight excluding hydrogens is 476 g/mol. The number of amides is 2. The Morgan fingerprint density at radius 3 is 1.75 bits per heavy atom. The van der Waals surface area contributed by atoms with Crippen molar-refractivity contribution in [2.45, 2.75) is 130 Å². The summed E-state index contributed by atoms with van der Waals surface area (Å²) >= 11 is 0.868. The average molecular weight is 525 g/mol. The van der Waals surface area contributed by atoms with E-state index in [2.05, 4.69) is 17.6 Å². The minimum atomic E-state index is -1.14. The Balaban J connectivity index is 2.27. The Kier molecular flexibility index (Phi) is 15.4. The largest absolute Gasteiger partial charge is 0.477 e. The van der Waals surface area contributed by atoms with Crippen LogP contribution in [0.15, 0.2) is 0 Å². The van der Waals surface area contributed by atoms with Crippen molar-refractivity contribution in [2.24, 2.45) is 0 Å². The number of unbranched alkanes of at least 4 members (excludes halogenated alkanes) is 13. The molecule has 1 aromatic heterocycles. The fraction of sp³-hybridized carbons (Fsp3) is 0.750. The van der Waals surface area contributed by atoms with Gasteiger partial charge in [-0.1, -0.05) is 90.4 Å². The lowest BCUT2D eigenvalue weighted by Gasteiger charge is -2.20. The van der Waals surface area contributed by atoms with Gasteiger partial charge in [0.25, 0.3) is 0 Å². The smallest absolute Gasteiger partial charge is 0.346 e. The molecule has 0 unspecified atom stereocenters. The molecule has 0 saturated heterocycles. The van der Waals surface area contributed by atoms with E-state index >= 15 is 0 Å². The molecule has 0 saturated carbocycles. The van der Waals surface area contributed by atoms with Gasteiger partial charge in [-0.2, -0.15) is 0 Å². The van der Waals surface area contributed by atoms with Gasteiger partial charge >= 0.3 is 18.0 Å². The zero-order valence-corrected chi connectivity index (χ0v) is 23.9. The number of esters is 1. The van der Waals surface area contributed by atoms with E-state index in [1.807, 2.05) is 0 Å². The second-order valence-electron chi connectivity index (χ2n) is 10.5. The average Bonchev–Trinajstić information content (AvgIpc) is 3.11. The maximum absolute atomic E-state index is 12.6. The van der Waals surface area contributed by atoms with Gasteiger partial charge < -0.3 is 15.2 Å². The number of carbonyl (C=O) groups is 3. The highest BCUT2D eigenvalue weighted by atomic mass is 32.1. The molecule has 0 bridgehead atoms. The molecule has 0 aliphatic carbocycles. The molecule has 0 spiro atoms. The van der Waals surface area contributed by atoms with Crippen LogP contribution in [0.5, 0.6) is 0 Å². The molecule has 1 heterocycles. The maximum Gasteiger partial charge on any atom is 0.346 e. The molecule has 0 atom stereocenters. The van der Waals surface area contributed by atoms with E-state index in [1.165, 1.54) is 70.6 Å². The molecule has 0 fully saturated rings. The van der Waals surface area contributed by atoms with Crippen LogP contribution in [0.2, 0.25) is 0 Å². The summed E-state index contributed by atoms with van der Waals surface area (Å²) in [6, 6.07) is -0.451. The standard InChI is InChI=1S/C28H48N2O5S/c1-6-7-8-9-10-11-12-13-14-15-16-17-18-19-20-29-27(34)30-24-22(26(33)35-28(3,4)5)21(2)23(36-24)25(31)32/h6-20H2,1-5H3,(H,31,32)(H2,29,30,34). The second kappa shape index (κ2) is 17.4. The fourth-order valence-electron chi connectivity index (χ4n) is 4.05. The first-order chi connectivity index (χ1) is 17.1. The van der Waals surface area contributed by atoms with Crippen molar-refractivity contribution in [1.82, 2.24) is 5.32 Å². The van der Waals surface area contributed by atoms with Crippen LogP contribution in [0, 0.1) is 6.92 Å². The molecule has 0 aliphatic rings. The van der Waals surface area contributed by atoms with Crippen LogP contribution in [0.1, 0.15) is 143 Å². The predicted octanol–water partition coefficient (Wildman–Crippen LogP) is 8.31. The van der Waals surface area contributed by atoms with Crippen LogP contribution in [-0.4, -0.2) is 35.2 Å². The van der Waals surface area contributed by atoms with Crippen LogP contribution in [-0.2, 0) is 4.74 Å². The molecule has 2 amide bonds. The Labute approximate surface area is 221 Å². The number of hydrogen-bond donors (Lipinski definition) is 3. The number of anilines is 1. The van der Waals surface area contributed by atoms with Crippen molar-refractivity contribution in [3.63, 3.8) is 0 Å². The number of carbonyl (C=O) groups excluding carboxylic acids is 2. The molecule has 36 heavy (non-hydrogen) atoms. The molecule has 7 nitrogen and oxygen atoms in total. The lowest BCUT2D eigenvalue weighted by Crippen LogP contribution is -2.30. The van der Waals surface area contributed by atoms with Gasteiger partial charge in [-0.3, -0.25) is 5.32 Å². The molecule has 1 rings (SSSR count). The van der Waals surface area contributed by atoms with Crippen LogP contribution in [0.4, 0.5) is 9.80 Å². The Morgan fingerprint density at radius 2 is 1.31 bits per heavy atom. The molecular formula is C28H48N2O5S. The summed E-state index contributed by atoms with van der Waals surface area (Å²) in [5, 5.41) is 15.1. The molecule has 206 valence electrons. The van der Waals surface area contributed by atoms with Gasteiger partial charge in [0.15, 0.2) is 0 Å². The summed E-state index contributed by atoms with van der Waals surface area (Å²) in [5.41, 5.74) is -0.342. The van der Waals surface area contributed by atoms with Gasteiger partial charge in [0.1, 0.15) is 15.5 Å². The summed E-state index contributed by atoms with van der Waals surface area (Å²) in [7, 11) is 0. The quantitative estimate of drug-likeness (QED) is 0.132. The molecule has 3 N–H and O–H groups in total. The third-order valence-corrected chi connectivity index (χ3v) is 7.18. The summed E-state index contributed by atoms with van der Waals surface area (Å²) in [6.07, 6.45) is 17.8. The van der Waals surface area contributed by atoms with E-state index < -0.39 is 23.6 Å². The zero-order valence-electron chi connectivity index (χ0n) is 23.1. The predicted molar refractivity (Wildman–Crippen MR) is 149 cm³/mol. The van der Waals surface area contributed by atoms with Gasteiger partial charge in [0.2, 0.25) is 0 Å². The number of nitrogens with one attached hydrogen (secondary N) is 2. The zero-order chi connectivity index (χ0) is 27.0. The van der Waals surface area contributed by atoms with E-state index in [0.717, 1.165) is 30.6 Å². The number of hydrogen-bond acceptors (Lipinski definition) is 5. The number of aromatic carboxylic acids is 1. The van der Waals surface area contributed by atoms with Gasteiger partial charge in [0, 0.05) is 6.54 Å². The first-order valence-electron chi connectivity index (χ1n) is 13.7. The number of thiophene rings is 1. The summed E-state index contributed by atoms with van der Waals surface area (Å²) < 4.78 is 5.41. The van der Waals surface area contributed by atoms with Gasteiger partial charge in [-0.15, -0.1) is 11.3 Å². The lowest BCUT2D eigenvalue weighted by atomic mass is 10.0. The first-order valence-corrected chi connectivity index (χ1v) is 14.5. The van der Waals surface area contributed by atoms with E-state index in [1.54, 1.807) is 27.7 Å². The van der Waals surface area contributed by atoms with E-state index in [9.17, 15) is 19.5 Å². The highest BCUT2D eigenvalue weighted by Gasteiger charge is 2.29. The molecule has 1 aromatic rings. The third-order valence-electron chi connectivity index (χ3n) is 5.99. The van der Waals surface area contributed by atoms with Crippen LogP contribution >= 0.6 is 11.3 Å². The highest BCUT2D eigenvalue weighted by molar-refractivity contribution is 7.18. The number of rotatable bonds is 18. The summed E-state index contributed by atoms with van der Waals surface area (Å²) in [5.74, 6) is -1.79. The number of ether oxygens (including phenoxy) is 1.